The van der Waals surface area contributed by atoms with E-state index in [0.717, 1.165) is 30.3 Å². The van der Waals surface area contributed by atoms with Gasteiger partial charge in [-0.25, -0.2) is 26.4 Å². The highest BCUT2D eigenvalue weighted by Crippen LogP contribution is 2.23. The molecule has 0 spiro atoms. The minimum absolute atomic E-state index is 0.0474. The second-order valence-corrected chi connectivity index (χ2v) is 9.96. The van der Waals surface area contributed by atoms with E-state index in [9.17, 15) is 26.0 Å². The van der Waals surface area contributed by atoms with Gasteiger partial charge in [-0.3, -0.25) is 9.52 Å². The molecule has 31 heavy (non-hydrogen) atoms. The van der Waals surface area contributed by atoms with Crippen LogP contribution in [0.25, 0.3) is 0 Å². The summed E-state index contributed by atoms with van der Waals surface area (Å²) in [7, 11) is -8.12. The molecule has 162 valence electrons. The van der Waals surface area contributed by atoms with E-state index in [0.29, 0.717) is 5.02 Å². The Bertz CT molecular complexity index is 1360. The highest BCUT2D eigenvalue weighted by molar-refractivity contribution is 7.92. The van der Waals surface area contributed by atoms with Crippen LogP contribution in [0.4, 0.5) is 15.8 Å². The molecule has 0 saturated heterocycles. The van der Waals surface area contributed by atoms with E-state index in [1.807, 2.05) is 0 Å². The maximum atomic E-state index is 14.4. The summed E-state index contributed by atoms with van der Waals surface area (Å²) in [4.78, 5) is 11.6. The van der Waals surface area contributed by atoms with E-state index < -0.39 is 36.7 Å². The Kier molecular flexibility index (Phi) is 6.32. The van der Waals surface area contributed by atoms with Gasteiger partial charge in [-0.15, -0.1) is 0 Å². The number of benzene rings is 3. The van der Waals surface area contributed by atoms with E-state index in [2.05, 4.69) is 10.0 Å². The predicted molar refractivity (Wildman–Crippen MR) is 114 cm³/mol. The fourth-order valence-corrected chi connectivity index (χ4v) is 4.29. The lowest BCUT2D eigenvalue weighted by Crippen LogP contribution is -2.16. The standard InChI is InChI=1S/C19H15ClFN3O5S2/c20-13-3-1-2-12(10-13)19(25)23-18-9-8-16(11-17(18)21)31(28,29)24-14-4-6-15(7-5-14)30(22,26)27/h1-11,24H,(H,23,25)(H2,22,26,27). The van der Waals surface area contributed by atoms with Gasteiger partial charge >= 0.3 is 0 Å². The van der Waals surface area contributed by atoms with E-state index in [1.54, 1.807) is 12.1 Å². The van der Waals surface area contributed by atoms with E-state index in [-0.39, 0.29) is 21.8 Å². The smallest absolute Gasteiger partial charge is 0.261 e. The second-order valence-electron chi connectivity index (χ2n) is 6.28. The van der Waals surface area contributed by atoms with Gasteiger partial charge in [-0.05, 0) is 60.7 Å². The first-order valence-electron chi connectivity index (χ1n) is 8.48. The Balaban J connectivity index is 1.78. The molecule has 3 rings (SSSR count). The third-order valence-electron chi connectivity index (χ3n) is 4.02. The number of hydrogen-bond acceptors (Lipinski definition) is 5. The van der Waals surface area contributed by atoms with Crippen LogP contribution in [0.5, 0.6) is 0 Å². The SMILES string of the molecule is NS(=O)(=O)c1ccc(NS(=O)(=O)c2ccc(NC(=O)c3cccc(Cl)c3)c(F)c2)cc1. The largest absolute Gasteiger partial charge is 0.319 e. The molecule has 0 aromatic heterocycles. The van der Waals surface area contributed by atoms with Gasteiger partial charge in [0.25, 0.3) is 15.9 Å². The van der Waals surface area contributed by atoms with Crippen molar-refractivity contribution in [3.05, 3.63) is 83.1 Å². The molecular weight excluding hydrogens is 469 g/mol. The third-order valence-corrected chi connectivity index (χ3v) is 6.56. The van der Waals surface area contributed by atoms with Gasteiger partial charge in [-0.2, -0.15) is 0 Å². The molecule has 0 fully saturated rings. The molecule has 0 heterocycles. The lowest BCUT2D eigenvalue weighted by Gasteiger charge is -2.11. The lowest BCUT2D eigenvalue weighted by atomic mass is 10.2. The lowest BCUT2D eigenvalue weighted by molar-refractivity contribution is 0.102. The summed E-state index contributed by atoms with van der Waals surface area (Å²) in [5.74, 6) is -1.59. The Labute approximate surface area is 183 Å². The number of hydrogen-bond donors (Lipinski definition) is 3. The van der Waals surface area contributed by atoms with Crippen molar-refractivity contribution in [3.63, 3.8) is 0 Å². The first kappa shape index (κ1) is 22.7. The summed E-state index contributed by atoms with van der Waals surface area (Å²) in [5, 5.41) is 7.67. The highest BCUT2D eigenvalue weighted by Gasteiger charge is 2.18. The summed E-state index contributed by atoms with van der Waals surface area (Å²) in [6.45, 7) is 0. The Morgan fingerprint density at radius 2 is 1.55 bits per heavy atom. The number of halogens is 2. The van der Waals surface area contributed by atoms with Crippen LogP contribution in [0.3, 0.4) is 0 Å². The van der Waals surface area contributed by atoms with Crippen LogP contribution in [0.2, 0.25) is 5.02 Å². The second kappa shape index (κ2) is 8.63. The zero-order valence-electron chi connectivity index (χ0n) is 15.5. The minimum atomic E-state index is -4.19. The Hall–Kier alpha value is -2.99. The van der Waals surface area contributed by atoms with Crippen molar-refractivity contribution >= 4 is 48.9 Å². The van der Waals surface area contributed by atoms with Crippen molar-refractivity contribution in [1.82, 2.24) is 0 Å². The van der Waals surface area contributed by atoms with Gasteiger partial charge in [0.2, 0.25) is 10.0 Å². The number of primary sulfonamides is 1. The number of carbonyl (C=O) groups excluding carboxylic acids is 1. The summed E-state index contributed by atoms with van der Waals surface area (Å²) >= 11 is 5.83. The molecule has 12 heteroatoms. The van der Waals surface area contributed by atoms with Crippen molar-refractivity contribution in [1.29, 1.82) is 0 Å². The number of anilines is 2. The van der Waals surface area contributed by atoms with Gasteiger partial charge in [0.15, 0.2) is 0 Å². The zero-order chi connectivity index (χ0) is 22.8. The fourth-order valence-electron chi connectivity index (χ4n) is 2.52. The first-order chi connectivity index (χ1) is 14.5. The van der Waals surface area contributed by atoms with Gasteiger partial charge in [0.1, 0.15) is 5.82 Å². The van der Waals surface area contributed by atoms with Crippen molar-refractivity contribution < 1.29 is 26.0 Å². The molecule has 8 nitrogen and oxygen atoms in total. The van der Waals surface area contributed by atoms with Crippen LogP contribution >= 0.6 is 11.6 Å². The molecule has 0 unspecified atom stereocenters. The average molecular weight is 484 g/mol. The predicted octanol–water partition coefficient (Wildman–Crippen LogP) is 3.18. The van der Waals surface area contributed by atoms with E-state index >= 15 is 0 Å². The van der Waals surface area contributed by atoms with E-state index in [4.69, 9.17) is 16.7 Å². The molecule has 0 saturated carbocycles. The van der Waals surface area contributed by atoms with Crippen LogP contribution in [0.1, 0.15) is 10.4 Å². The molecular formula is C19H15ClFN3O5S2. The summed E-state index contributed by atoms with van der Waals surface area (Å²) < 4.78 is 64.2. The number of carbonyl (C=O) groups is 1. The highest BCUT2D eigenvalue weighted by atomic mass is 35.5. The van der Waals surface area contributed by atoms with Crippen LogP contribution < -0.4 is 15.2 Å². The van der Waals surface area contributed by atoms with Gasteiger partial charge in [0.05, 0.1) is 15.5 Å². The van der Waals surface area contributed by atoms with Crippen LogP contribution in [-0.4, -0.2) is 22.7 Å². The monoisotopic (exact) mass is 483 g/mol. The van der Waals surface area contributed by atoms with Crippen LogP contribution in [0, 0.1) is 5.82 Å². The molecule has 0 bridgehead atoms. The van der Waals surface area contributed by atoms with Crippen molar-refractivity contribution in [2.24, 2.45) is 5.14 Å². The number of amides is 1. The average Bonchev–Trinajstić information content (AvgIpc) is 2.69. The molecule has 0 aliphatic heterocycles. The number of rotatable bonds is 6. The molecule has 4 N–H and O–H groups in total. The number of nitrogens with two attached hydrogens (primary N) is 1. The van der Waals surface area contributed by atoms with Gasteiger partial charge in [0, 0.05) is 16.3 Å². The van der Waals surface area contributed by atoms with Crippen molar-refractivity contribution in [2.45, 2.75) is 9.79 Å². The number of sulfonamides is 2. The molecule has 0 aliphatic carbocycles. The summed E-state index contributed by atoms with van der Waals surface area (Å²) in [6, 6.07) is 13.6. The minimum Gasteiger partial charge on any atom is -0.319 e. The van der Waals surface area contributed by atoms with Gasteiger partial charge in [-0.1, -0.05) is 17.7 Å². The van der Waals surface area contributed by atoms with Crippen LogP contribution in [0.15, 0.2) is 76.5 Å². The normalized spacial score (nSPS) is 11.7. The molecule has 0 aliphatic rings. The maximum absolute atomic E-state index is 14.4. The third kappa shape index (κ3) is 5.58. The molecule has 3 aromatic carbocycles. The topological polar surface area (TPSA) is 135 Å². The van der Waals surface area contributed by atoms with Gasteiger partial charge < -0.3 is 5.32 Å². The number of nitrogens with one attached hydrogen (secondary N) is 2. The van der Waals surface area contributed by atoms with E-state index in [1.165, 1.54) is 24.3 Å². The summed E-state index contributed by atoms with van der Waals surface area (Å²) in [5.41, 5.74) is 0.0285. The fraction of sp³-hybridized carbons (Fsp3) is 0. The van der Waals surface area contributed by atoms with Crippen molar-refractivity contribution in [2.75, 3.05) is 10.0 Å². The Morgan fingerprint density at radius 3 is 2.13 bits per heavy atom. The summed E-state index contributed by atoms with van der Waals surface area (Å²) in [6.07, 6.45) is 0. The quantitative estimate of drug-likeness (QED) is 0.494. The first-order valence-corrected chi connectivity index (χ1v) is 11.9. The molecule has 1 amide bonds. The van der Waals surface area contributed by atoms with Crippen LogP contribution in [-0.2, 0) is 20.0 Å². The maximum Gasteiger partial charge on any atom is 0.261 e. The zero-order valence-corrected chi connectivity index (χ0v) is 17.9. The molecule has 0 radical (unpaired) electrons. The molecule has 3 aromatic rings. The Morgan fingerprint density at radius 1 is 0.903 bits per heavy atom. The van der Waals surface area contributed by atoms with Crippen molar-refractivity contribution in [3.8, 4) is 0 Å². The molecule has 0 atom stereocenters.